The highest BCUT2D eigenvalue weighted by molar-refractivity contribution is 6.22. The molecule has 1 heterocycles. The molecular weight excluding hydrogens is 495 g/mol. The lowest BCUT2D eigenvalue weighted by Gasteiger charge is -2.16. The van der Waals surface area contributed by atoms with Crippen LogP contribution in [0.25, 0.3) is 0 Å². The zero-order valence-corrected chi connectivity index (χ0v) is 20.7. The van der Waals surface area contributed by atoms with Gasteiger partial charge in [0, 0.05) is 12.1 Å². The molecule has 1 fully saturated rings. The second-order valence-electron chi connectivity index (χ2n) is 8.45. The van der Waals surface area contributed by atoms with Gasteiger partial charge in [-0.25, -0.2) is 14.1 Å². The van der Waals surface area contributed by atoms with E-state index in [1.54, 1.807) is 18.2 Å². The average molecular weight is 521 g/mol. The zero-order valence-electron chi connectivity index (χ0n) is 20.7. The summed E-state index contributed by atoms with van der Waals surface area (Å²) in [6.07, 6.45) is -0.0257. The molecule has 2 amide bonds. The van der Waals surface area contributed by atoms with E-state index in [4.69, 9.17) is 14.2 Å². The number of ketones is 1. The number of rotatable bonds is 10. The number of halogens is 1. The van der Waals surface area contributed by atoms with Gasteiger partial charge in [-0.15, -0.1) is 0 Å². The summed E-state index contributed by atoms with van der Waals surface area (Å²) in [6, 6.07) is 15.5. The Morgan fingerprint density at radius 2 is 1.58 bits per heavy atom. The number of anilines is 1. The van der Waals surface area contributed by atoms with Crippen molar-refractivity contribution in [3.05, 3.63) is 89.2 Å². The molecule has 10 heteroatoms. The topological polar surface area (TPSA) is 111 Å². The first-order valence-corrected chi connectivity index (χ1v) is 11.7. The van der Waals surface area contributed by atoms with E-state index >= 15 is 0 Å². The van der Waals surface area contributed by atoms with Gasteiger partial charge in [0.15, 0.2) is 23.9 Å². The van der Waals surface area contributed by atoms with Crippen molar-refractivity contribution in [3.8, 4) is 11.5 Å². The lowest BCUT2D eigenvalue weighted by atomic mass is 10.1. The Balaban J connectivity index is 1.34. The smallest absolute Gasteiger partial charge is 0.338 e. The third-order valence-electron chi connectivity index (χ3n) is 6.01. The van der Waals surface area contributed by atoms with Crippen LogP contribution < -0.4 is 19.7 Å². The molecule has 38 heavy (non-hydrogen) atoms. The normalized spacial score (nSPS) is 14.9. The number of esters is 1. The van der Waals surface area contributed by atoms with Gasteiger partial charge in [-0.2, -0.15) is 0 Å². The molecule has 196 valence electrons. The first kappa shape index (κ1) is 26.5. The highest BCUT2D eigenvalue weighted by atomic mass is 19.1. The van der Waals surface area contributed by atoms with E-state index in [0.717, 1.165) is 10.5 Å². The highest BCUT2D eigenvalue weighted by Crippen LogP contribution is 2.28. The summed E-state index contributed by atoms with van der Waals surface area (Å²) in [5.74, 6) is -1.49. The van der Waals surface area contributed by atoms with Crippen molar-refractivity contribution >= 4 is 29.3 Å². The Labute approximate surface area is 218 Å². The Bertz CT molecular complexity index is 1360. The molecule has 1 aliphatic rings. The quantitative estimate of drug-likeness (QED) is 0.246. The lowest BCUT2D eigenvalue weighted by Crippen LogP contribution is -2.38. The number of hydrogen-bond acceptors (Lipinski definition) is 8. The van der Waals surface area contributed by atoms with Crippen LogP contribution in [0.2, 0.25) is 0 Å². The molecule has 0 bridgehead atoms. The summed E-state index contributed by atoms with van der Waals surface area (Å²) in [7, 11) is 2.93. The average Bonchev–Trinajstić information content (AvgIpc) is 3.23. The number of carbonyl (C=O) groups excluding carboxylic acids is 4. The zero-order chi connectivity index (χ0) is 27.2. The second-order valence-corrected chi connectivity index (χ2v) is 8.45. The fourth-order valence-corrected chi connectivity index (χ4v) is 3.96. The third kappa shape index (κ3) is 5.87. The van der Waals surface area contributed by atoms with E-state index in [9.17, 15) is 23.6 Å². The van der Waals surface area contributed by atoms with Crippen LogP contribution >= 0.6 is 0 Å². The van der Waals surface area contributed by atoms with Gasteiger partial charge in [0.2, 0.25) is 5.91 Å². The fourth-order valence-electron chi connectivity index (χ4n) is 3.96. The van der Waals surface area contributed by atoms with Crippen molar-refractivity contribution in [3.63, 3.8) is 0 Å². The van der Waals surface area contributed by atoms with Gasteiger partial charge in [0.05, 0.1) is 37.9 Å². The van der Waals surface area contributed by atoms with Crippen LogP contribution in [0.3, 0.4) is 0 Å². The van der Waals surface area contributed by atoms with Crippen molar-refractivity contribution in [1.29, 1.82) is 0 Å². The molecule has 9 nitrogen and oxygen atoms in total. The molecule has 3 aromatic carbocycles. The van der Waals surface area contributed by atoms with E-state index in [1.807, 2.05) is 0 Å². The van der Waals surface area contributed by atoms with Crippen molar-refractivity contribution in [2.75, 3.05) is 25.7 Å². The van der Waals surface area contributed by atoms with Crippen molar-refractivity contribution < 1.29 is 37.8 Å². The first-order chi connectivity index (χ1) is 18.3. The standard InChI is InChI=1S/C28H25FN2O7/c1-36-24-12-7-19(13-25(24)37-2)23(32)16-38-28(35)18-5-10-21(11-6-18)31-26(33)14-22(27(31)34)30-15-17-3-8-20(29)9-4-17/h3-13,22,30H,14-16H2,1-2H3. The maximum absolute atomic E-state index is 13.1. The van der Waals surface area contributed by atoms with Crippen molar-refractivity contribution in [2.24, 2.45) is 0 Å². The summed E-state index contributed by atoms with van der Waals surface area (Å²) < 4.78 is 28.5. The Morgan fingerprint density at radius 3 is 2.24 bits per heavy atom. The van der Waals surface area contributed by atoms with Crippen LogP contribution in [0, 0.1) is 5.82 Å². The number of amides is 2. The maximum atomic E-state index is 13.1. The van der Waals surface area contributed by atoms with E-state index in [1.165, 1.54) is 62.8 Å². The van der Waals surface area contributed by atoms with E-state index in [-0.39, 0.29) is 23.7 Å². The van der Waals surface area contributed by atoms with Gasteiger partial charge in [0.1, 0.15) is 5.82 Å². The second kappa shape index (κ2) is 11.7. The minimum Gasteiger partial charge on any atom is -0.493 e. The Morgan fingerprint density at radius 1 is 0.921 bits per heavy atom. The number of imide groups is 1. The molecule has 0 saturated carbocycles. The predicted octanol–water partition coefficient (Wildman–Crippen LogP) is 3.30. The minimum atomic E-state index is -0.733. The third-order valence-corrected chi connectivity index (χ3v) is 6.01. The molecule has 0 aromatic heterocycles. The van der Waals surface area contributed by atoms with Crippen LogP contribution in [0.4, 0.5) is 10.1 Å². The van der Waals surface area contributed by atoms with Crippen LogP contribution in [0.5, 0.6) is 11.5 Å². The molecule has 0 aliphatic carbocycles. The summed E-state index contributed by atoms with van der Waals surface area (Å²) >= 11 is 0. The van der Waals surface area contributed by atoms with Crippen molar-refractivity contribution in [2.45, 2.75) is 19.0 Å². The predicted molar refractivity (Wildman–Crippen MR) is 135 cm³/mol. The number of carbonyl (C=O) groups is 4. The first-order valence-electron chi connectivity index (χ1n) is 11.7. The highest BCUT2D eigenvalue weighted by Gasteiger charge is 2.39. The monoisotopic (exact) mass is 520 g/mol. The SMILES string of the molecule is COc1ccc(C(=O)COC(=O)c2ccc(N3C(=O)CC(NCc4ccc(F)cc4)C3=O)cc2)cc1OC. The largest absolute Gasteiger partial charge is 0.493 e. The fraction of sp³-hybridized carbons (Fsp3) is 0.214. The van der Waals surface area contributed by atoms with Crippen molar-refractivity contribution in [1.82, 2.24) is 5.32 Å². The van der Waals surface area contributed by atoms with Crippen LogP contribution in [-0.2, 0) is 20.9 Å². The number of methoxy groups -OCH3 is 2. The molecule has 3 aromatic rings. The van der Waals surface area contributed by atoms with Crippen LogP contribution in [0.1, 0.15) is 32.7 Å². The minimum absolute atomic E-state index is 0.0257. The molecule has 1 aliphatic heterocycles. The van der Waals surface area contributed by atoms with E-state index < -0.39 is 30.3 Å². The summed E-state index contributed by atoms with van der Waals surface area (Å²) in [5, 5.41) is 3.03. The molecule has 4 rings (SSSR count). The van der Waals surface area contributed by atoms with Crippen LogP contribution in [-0.4, -0.2) is 50.4 Å². The summed E-state index contributed by atoms with van der Waals surface area (Å²) in [6.45, 7) is -0.189. The van der Waals surface area contributed by atoms with Gasteiger partial charge in [0.25, 0.3) is 5.91 Å². The molecule has 0 spiro atoms. The van der Waals surface area contributed by atoms with Gasteiger partial charge >= 0.3 is 5.97 Å². The number of nitrogens with one attached hydrogen (secondary N) is 1. The summed E-state index contributed by atoms with van der Waals surface area (Å²) in [4.78, 5) is 51.4. The number of ether oxygens (including phenoxy) is 3. The Hall–Kier alpha value is -4.57. The number of nitrogens with zero attached hydrogens (tertiary/aromatic N) is 1. The van der Waals surface area contributed by atoms with Gasteiger partial charge in [-0.1, -0.05) is 12.1 Å². The Kier molecular flexibility index (Phi) is 8.12. The van der Waals surface area contributed by atoms with E-state index in [2.05, 4.69) is 5.32 Å². The van der Waals surface area contributed by atoms with E-state index in [0.29, 0.717) is 29.3 Å². The molecule has 1 saturated heterocycles. The molecular formula is C28H25FN2O7. The molecule has 1 unspecified atom stereocenters. The van der Waals surface area contributed by atoms with Gasteiger partial charge in [-0.05, 0) is 60.2 Å². The van der Waals surface area contributed by atoms with Gasteiger partial charge in [-0.3, -0.25) is 14.4 Å². The van der Waals surface area contributed by atoms with Crippen LogP contribution in [0.15, 0.2) is 66.7 Å². The number of Topliss-reactive ketones (excluding diaryl/α,β-unsaturated/α-hetero) is 1. The van der Waals surface area contributed by atoms with Gasteiger partial charge < -0.3 is 19.5 Å². The number of hydrogen-bond donors (Lipinski definition) is 1. The summed E-state index contributed by atoms with van der Waals surface area (Å²) in [5.41, 5.74) is 1.53. The maximum Gasteiger partial charge on any atom is 0.338 e. The molecule has 1 atom stereocenters. The molecule has 1 N–H and O–H groups in total. The molecule has 0 radical (unpaired) electrons. The number of benzene rings is 3. The lowest BCUT2D eigenvalue weighted by molar-refractivity contribution is -0.121.